The number of aliphatic hydroxyl groups is 1. The van der Waals surface area contributed by atoms with E-state index in [-0.39, 0.29) is 19.2 Å². The van der Waals surface area contributed by atoms with Crippen LogP contribution in [0.2, 0.25) is 0 Å². The summed E-state index contributed by atoms with van der Waals surface area (Å²) in [6.07, 6.45) is 21.5. The molecule has 0 radical (unpaired) electrons. The smallest absolute Gasteiger partial charge is 0.463 e. The Kier molecular flexibility index (Phi) is 22.7. The molecule has 0 spiro atoms. The molecular weight excluding hydrogens is 583 g/mol. The van der Waals surface area contributed by atoms with Crippen LogP contribution in [0, 0.1) is 0 Å². The number of carbonyl (C=O) groups is 1. The lowest BCUT2D eigenvalue weighted by Crippen LogP contribution is -2.07. The van der Waals surface area contributed by atoms with Crippen LogP contribution in [0.4, 0.5) is 0 Å². The number of aliphatic hydroxyl groups excluding tert-OH is 1. The maximum Gasteiger partial charge on any atom is 0.530 e. The van der Waals surface area contributed by atoms with Gasteiger partial charge in [0.05, 0.1) is 6.61 Å². The van der Waals surface area contributed by atoms with Gasteiger partial charge in [0.1, 0.15) is 23.9 Å². The molecule has 3 aromatic rings. The molecule has 0 aliphatic rings. The van der Waals surface area contributed by atoms with Crippen LogP contribution in [0.15, 0.2) is 103 Å². The number of para-hydroxylation sites is 3. The molecule has 7 heteroatoms. The molecule has 0 aliphatic heterocycles. The van der Waals surface area contributed by atoms with Crippen LogP contribution < -0.4 is 13.6 Å². The van der Waals surface area contributed by atoms with E-state index in [9.17, 15) is 4.79 Å². The van der Waals surface area contributed by atoms with E-state index in [1.54, 1.807) is 0 Å². The van der Waals surface area contributed by atoms with Gasteiger partial charge in [0.25, 0.3) is 0 Å². The van der Waals surface area contributed by atoms with Gasteiger partial charge >= 0.3 is 14.6 Å². The van der Waals surface area contributed by atoms with Crippen molar-refractivity contribution in [3.63, 3.8) is 0 Å². The van der Waals surface area contributed by atoms with Gasteiger partial charge in [-0.3, -0.25) is 4.79 Å². The number of carbonyl (C=O) groups excluding carboxylic acids is 1. The summed E-state index contributed by atoms with van der Waals surface area (Å²) in [5, 5.41) is 8.54. The minimum absolute atomic E-state index is 0.0852. The van der Waals surface area contributed by atoms with E-state index >= 15 is 0 Å². The fourth-order valence-corrected chi connectivity index (χ4v) is 5.32. The topological polar surface area (TPSA) is 74.2 Å². The average Bonchev–Trinajstić information content (AvgIpc) is 3.07. The summed E-state index contributed by atoms with van der Waals surface area (Å²) in [4.78, 5) is 11.2. The zero-order valence-corrected chi connectivity index (χ0v) is 28.0. The van der Waals surface area contributed by atoms with Gasteiger partial charge in [-0.2, -0.15) is 0 Å². The number of hydrogen-bond acceptors (Lipinski definition) is 6. The summed E-state index contributed by atoms with van der Waals surface area (Å²) in [6, 6.07) is 28.5. The van der Waals surface area contributed by atoms with Crippen molar-refractivity contribution in [2.24, 2.45) is 0 Å². The number of unbranched alkanes of at least 4 members (excludes halogenated alkanes) is 11. The predicted molar refractivity (Wildman–Crippen MR) is 186 cm³/mol. The first kappa shape index (κ1) is 37.8. The monoisotopic (exact) mass is 636 g/mol. The normalized spacial score (nSPS) is 10.7. The Labute approximate surface area is 272 Å². The quantitative estimate of drug-likeness (QED) is 0.0483. The Morgan fingerprint density at radius 2 is 1.00 bits per heavy atom. The molecule has 0 amide bonds. The summed E-state index contributed by atoms with van der Waals surface area (Å²) >= 11 is 0. The third-order valence-corrected chi connectivity index (χ3v) is 7.85. The third kappa shape index (κ3) is 21.1. The minimum Gasteiger partial charge on any atom is -0.463 e. The molecule has 3 rings (SSSR count). The standard InChI is InChI=1S/C20H38O3.C18H15O3P/c1-2-3-4-5-6-7-8-9-10-11-12-13-14-15-16-17-20(22)23-19-18-21;1-4-10-16(11-5-1)19-22(20-17-12-6-2-7-13-17)21-18-14-8-3-9-15-18/h9-10,21H,2-8,11-19H2,1H3;1-15H/b10-9-;. The van der Waals surface area contributed by atoms with Crippen molar-refractivity contribution in [2.75, 3.05) is 13.2 Å². The van der Waals surface area contributed by atoms with Crippen LogP contribution >= 0.6 is 8.60 Å². The second-order valence-electron chi connectivity index (χ2n) is 10.7. The SMILES string of the molecule is CCCCCCCC/C=C\CCCCCCCC(=O)OCCO.c1ccc(OP(Oc2ccccc2)Oc2ccccc2)cc1. The first-order valence-electron chi connectivity index (χ1n) is 16.6. The molecule has 0 heterocycles. The molecule has 3 aromatic carbocycles. The van der Waals surface area contributed by atoms with Crippen molar-refractivity contribution < 1.29 is 28.2 Å². The largest absolute Gasteiger partial charge is 0.530 e. The molecule has 246 valence electrons. The summed E-state index contributed by atoms with van der Waals surface area (Å²) in [5.74, 6) is 1.94. The molecule has 0 bridgehead atoms. The molecule has 1 N–H and O–H groups in total. The number of rotatable bonds is 23. The van der Waals surface area contributed by atoms with Crippen LogP contribution in [-0.2, 0) is 9.53 Å². The summed E-state index contributed by atoms with van der Waals surface area (Å²) in [5.41, 5.74) is 0. The molecule has 0 unspecified atom stereocenters. The Bertz CT molecular complexity index is 1010. The Morgan fingerprint density at radius 1 is 0.600 bits per heavy atom. The van der Waals surface area contributed by atoms with Gasteiger partial charge in [-0.05, 0) is 68.5 Å². The van der Waals surface area contributed by atoms with Crippen molar-refractivity contribution in [2.45, 2.75) is 96.8 Å². The molecule has 6 nitrogen and oxygen atoms in total. The average molecular weight is 637 g/mol. The fourth-order valence-electron chi connectivity index (χ4n) is 4.33. The summed E-state index contributed by atoms with van der Waals surface area (Å²) < 4.78 is 22.3. The molecule has 0 atom stereocenters. The van der Waals surface area contributed by atoms with Gasteiger partial charge in [-0.1, -0.05) is 125 Å². The lowest BCUT2D eigenvalue weighted by atomic mass is 10.1. The van der Waals surface area contributed by atoms with Crippen LogP contribution in [0.1, 0.15) is 96.8 Å². The Morgan fingerprint density at radius 3 is 1.42 bits per heavy atom. The number of allylic oxidation sites excluding steroid dienone is 2. The summed E-state index contributed by atoms with van der Waals surface area (Å²) in [6.45, 7) is 2.30. The van der Waals surface area contributed by atoms with E-state index in [2.05, 4.69) is 19.1 Å². The maximum absolute atomic E-state index is 11.2. The van der Waals surface area contributed by atoms with Crippen LogP contribution in [0.5, 0.6) is 17.2 Å². The van der Waals surface area contributed by atoms with E-state index in [1.165, 1.54) is 70.6 Å². The van der Waals surface area contributed by atoms with Crippen LogP contribution in [-0.4, -0.2) is 24.3 Å². The Hall–Kier alpha value is -3.34. The second kappa shape index (κ2) is 27.0. The molecule has 45 heavy (non-hydrogen) atoms. The molecule has 0 saturated heterocycles. The molecule has 0 aromatic heterocycles. The highest BCUT2D eigenvalue weighted by Gasteiger charge is 2.19. The highest BCUT2D eigenvalue weighted by atomic mass is 31.2. The molecule has 0 fully saturated rings. The van der Waals surface area contributed by atoms with Gasteiger partial charge in [0, 0.05) is 6.42 Å². The lowest BCUT2D eigenvalue weighted by Gasteiger charge is -2.17. The lowest BCUT2D eigenvalue weighted by molar-refractivity contribution is -0.144. The van der Waals surface area contributed by atoms with Gasteiger partial charge in [0.15, 0.2) is 0 Å². The minimum atomic E-state index is -1.59. The maximum atomic E-state index is 11.2. The molecule has 0 saturated carbocycles. The zero-order valence-electron chi connectivity index (χ0n) is 27.1. The van der Waals surface area contributed by atoms with Crippen molar-refractivity contribution >= 4 is 14.6 Å². The highest BCUT2D eigenvalue weighted by Crippen LogP contribution is 2.41. The van der Waals surface area contributed by atoms with E-state index in [4.69, 9.17) is 23.4 Å². The molecular formula is C38H53O6P. The van der Waals surface area contributed by atoms with E-state index in [1.807, 2.05) is 91.0 Å². The number of esters is 1. The van der Waals surface area contributed by atoms with Gasteiger partial charge in [-0.15, -0.1) is 0 Å². The van der Waals surface area contributed by atoms with E-state index in [0.29, 0.717) is 23.7 Å². The fraction of sp³-hybridized carbons (Fsp3) is 0.447. The van der Waals surface area contributed by atoms with Gasteiger partial charge in [-0.25, -0.2) is 0 Å². The Balaban J connectivity index is 0.000000313. The third-order valence-electron chi connectivity index (χ3n) is 6.77. The van der Waals surface area contributed by atoms with E-state index in [0.717, 1.165) is 12.8 Å². The number of hydrogen-bond donors (Lipinski definition) is 1. The van der Waals surface area contributed by atoms with Gasteiger partial charge < -0.3 is 23.4 Å². The van der Waals surface area contributed by atoms with Crippen molar-refractivity contribution in [3.8, 4) is 17.2 Å². The van der Waals surface area contributed by atoms with Crippen LogP contribution in [0.25, 0.3) is 0 Å². The van der Waals surface area contributed by atoms with Crippen LogP contribution in [0.3, 0.4) is 0 Å². The number of benzene rings is 3. The number of ether oxygens (including phenoxy) is 1. The van der Waals surface area contributed by atoms with Crippen molar-refractivity contribution in [1.29, 1.82) is 0 Å². The summed E-state index contributed by atoms with van der Waals surface area (Å²) in [7, 11) is -1.59. The predicted octanol–water partition coefficient (Wildman–Crippen LogP) is 11.0. The zero-order chi connectivity index (χ0) is 32.0. The second-order valence-corrected chi connectivity index (χ2v) is 11.7. The van der Waals surface area contributed by atoms with Crippen molar-refractivity contribution in [1.82, 2.24) is 0 Å². The molecule has 0 aliphatic carbocycles. The highest BCUT2D eigenvalue weighted by molar-refractivity contribution is 7.43. The van der Waals surface area contributed by atoms with Crippen molar-refractivity contribution in [3.05, 3.63) is 103 Å². The first-order chi connectivity index (χ1) is 22.2. The first-order valence-corrected chi connectivity index (χ1v) is 17.7. The van der Waals surface area contributed by atoms with E-state index < -0.39 is 8.60 Å². The van der Waals surface area contributed by atoms with Gasteiger partial charge in [0.2, 0.25) is 0 Å².